The quantitative estimate of drug-likeness (QED) is 0.409. The van der Waals surface area contributed by atoms with Gasteiger partial charge in [-0.15, -0.1) is 0 Å². The molecule has 0 amide bonds. The Morgan fingerprint density at radius 2 is 1.50 bits per heavy atom. The highest BCUT2D eigenvalue weighted by molar-refractivity contribution is 5.75. The van der Waals surface area contributed by atoms with Crippen molar-refractivity contribution >= 4 is 5.97 Å². The highest BCUT2D eigenvalue weighted by atomic mass is 16.6. The van der Waals surface area contributed by atoms with Gasteiger partial charge in [-0.1, -0.05) is 66.7 Å². The fourth-order valence-corrected chi connectivity index (χ4v) is 3.08. The molecular formula is C25H22N2O3. The summed E-state index contributed by atoms with van der Waals surface area (Å²) in [5.74, 6) is 0.203. The summed E-state index contributed by atoms with van der Waals surface area (Å²) < 4.78 is 13.0. The zero-order valence-corrected chi connectivity index (χ0v) is 16.6. The smallest absolute Gasteiger partial charge is 0.347 e. The molecule has 1 unspecified atom stereocenters. The molecule has 0 radical (unpaired) electrons. The maximum atomic E-state index is 12.5. The van der Waals surface area contributed by atoms with Crippen LogP contribution >= 0.6 is 0 Å². The molecule has 0 bridgehead atoms. The van der Waals surface area contributed by atoms with Gasteiger partial charge in [-0.2, -0.15) is 5.10 Å². The molecule has 0 N–H and O–H groups in total. The van der Waals surface area contributed by atoms with Gasteiger partial charge in [-0.3, -0.25) is 0 Å². The summed E-state index contributed by atoms with van der Waals surface area (Å²) in [6, 6.07) is 28.9. The van der Waals surface area contributed by atoms with Crippen LogP contribution in [0.3, 0.4) is 0 Å². The van der Waals surface area contributed by atoms with E-state index in [4.69, 9.17) is 14.6 Å². The van der Waals surface area contributed by atoms with E-state index in [9.17, 15) is 4.79 Å². The second-order valence-electron chi connectivity index (χ2n) is 6.83. The van der Waals surface area contributed by atoms with Gasteiger partial charge in [0.2, 0.25) is 0 Å². The molecule has 1 atom stereocenters. The van der Waals surface area contributed by atoms with Crippen molar-refractivity contribution in [2.24, 2.45) is 0 Å². The molecule has 0 aliphatic carbocycles. The molecule has 0 saturated heterocycles. The molecule has 1 aromatic heterocycles. The van der Waals surface area contributed by atoms with Crippen LogP contribution in [0, 0.1) is 0 Å². The maximum absolute atomic E-state index is 12.5. The summed E-state index contributed by atoms with van der Waals surface area (Å²) >= 11 is 0. The highest BCUT2D eigenvalue weighted by Crippen LogP contribution is 2.24. The predicted octanol–water partition coefficient (Wildman–Crippen LogP) is 5.05. The Labute approximate surface area is 175 Å². The van der Waals surface area contributed by atoms with Crippen LogP contribution in [0.4, 0.5) is 0 Å². The first-order valence-corrected chi connectivity index (χ1v) is 9.78. The van der Waals surface area contributed by atoms with Crippen molar-refractivity contribution in [1.82, 2.24) is 9.78 Å². The van der Waals surface area contributed by atoms with E-state index >= 15 is 0 Å². The normalized spacial score (nSPS) is 11.6. The molecule has 0 aliphatic heterocycles. The predicted molar refractivity (Wildman–Crippen MR) is 115 cm³/mol. The summed E-state index contributed by atoms with van der Waals surface area (Å²) in [6.45, 7) is 1.79. The minimum absolute atomic E-state index is 0.110. The summed E-state index contributed by atoms with van der Waals surface area (Å²) in [6.07, 6.45) is 1.19. The van der Waals surface area contributed by atoms with E-state index in [0.29, 0.717) is 5.75 Å². The van der Waals surface area contributed by atoms with Gasteiger partial charge in [0.05, 0.1) is 11.4 Å². The van der Waals surface area contributed by atoms with Crippen LogP contribution in [0.25, 0.3) is 16.9 Å². The van der Waals surface area contributed by atoms with Crippen molar-refractivity contribution in [3.63, 3.8) is 0 Å². The van der Waals surface area contributed by atoms with Crippen molar-refractivity contribution in [2.45, 2.75) is 19.6 Å². The van der Waals surface area contributed by atoms with E-state index < -0.39 is 12.1 Å². The Morgan fingerprint density at radius 1 is 0.900 bits per heavy atom. The van der Waals surface area contributed by atoms with E-state index in [1.807, 2.05) is 85.1 Å². The van der Waals surface area contributed by atoms with Crippen molar-refractivity contribution in [1.29, 1.82) is 0 Å². The van der Waals surface area contributed by atoms with Crippen LogP contribution in [0.1, 0.15) is 12.5 Å². The molecule has 4 rings (SSSR count). The number of benzene rings is 3. The number of rotatable bonds is 7. The van der Waals surface area contributed by atoms with E-state index in [1.54, 1.807) is 23.7 Å². The number of hydrogen-bond acceptors (Lipinski definition) is 4. The van der Waals surface area contributed by atoms with Crippen molar-refractivity contribution in [3.8, 4) is 22.7 Å². The summed E-state index contributed by atoms with van der Waals surface area (Å²) in [7, 11) is 0. The first-order chi connectivity index (χ1) is 14.7. The van der Waals surface area contributed by atoms with Gasteiger partial charge in [0.15, 0.2) is 6.10 Å². The highest BCUT2D eigenvalue weighted by Gasteiger charge is 2.19. The molecule has 4 aromatic rings. The van der Waals surface area contributed by atoms with Crippen LogP contribution in [-0.4, -0.2) is 21.9 Å². The lowest BCUT2D eigenvalue weighted by Gasteiger charge is -2.13. The molecule has 150 valence electrons. The van der Waals surface area contributed by atoms with Gasteiger partial charge >= 0.3 is 5.97 Å². The van der Waals surface area contributed by atoms with Gasteiger partial charge in [0, 0.05) is 17.3 Å². The van der Waals surface area contributed by atoms with Gasteiger partial charge in [0.25, 0.3) is 0 Å². The number of nitrogens with zero attached hydrogens (tertiary/aromatic N) is 2. The van der Waals surface area contributed by atoms with Gasteiger partial charge in [0.1, 0.15) is 12.4 Å². The number of aromatic nitrogens is 2. The first kappa shape index (κ1) is 19.5. The third-order valence-electron chi connectivity index (χ3n) is 4.62. The minimum Gasteiger partial charge on any atom is -0.479 e. The van der Waals surface area contributed by atoms with E-state index in [2.05, 4.69) is 0 Å². The number of hydrogen-bond donors (Lipinski definition) is 0. The SMILES string of the molecule is CC(Oc1ccccc1)C(=O)OCc1cn(-c2ccccc2)nc1-c1ccccc1. The van der Waals surface area contributed by atoms with E-state index in [1.165, 1.54) is 0 Å². The average molecular weight is 398 g/mol. The third-order valence-corrected chi connectivity index (χ3v) is 4.62. The molecule has 30 heavy (non-hydrogen) atoms. The molecule has 5 nitrogen and oxygen atoms in total. The average Bonchev–Trinajstić information content (AvgIpc) is 3.23. The first-order valence-electron chi connectivity index (χ1n) is 9.78. The molecule has 3 aromatic carbocycles. The lowest BCUT2D eigenvalue weighted by molar-refractivity contribution is -0.152. The molecule has 0 fully saturated rings. The zero-order chi connectivity index (χ0) is 20.8. The number of carbonyl (C=O) groups is 1. The number of esters is 1. The van der Waals surface area contributed by atoms with Crippen LogP contribution in [0.15, 0.2) is 97.2 Å². The monoisotopic (exact) mass is 398 g/mol. The third kappa shape index (κ3) is 4.58. The van der Waals surface area contributed by atoms with Gasteiger partial charge < -0.3 is 9.47 Å². The number of ether oxygens (including phenoxy) is 2. The van der Waals surface area contributed by atoms with Crippen molar-refractivity contribution in [3.05, 3.63) is 103 Å². The Hall–Kier alpha value is -3.86. The lowest BCUT2D eigenvalue weighted by atomic mass is 10.1. The fraction of sp³-hybridized carbons (Fsp3) is 0.120. The molecule has 0 saturated carbocycles. The van der Waals surface area contributed by atoms with Crippen LogP contribution < -0.4 is 4.74 Å². The summed E-state index contributed by atoms with van der Waals surface area (Å²) in [5.41, 5.74) is 3.51. The van der Waals surface area contributed by atoms with Gasteiger partial charge in [-0.25, -0.2) is 9.48 Å². The van der Waals surface area contributed by atoms with Gasteiger partial charge in [-0.05, 0) is 31.2 Å². The van der Waals surface area contributed by atoms with Crippen LogP contribution in [0.2, 0.25) is 0 Å². The van der Waals surface area contributed by atoms with Crippen LogP contribution in [-0.2, 0) is 16.1 Å². The lowest BCUT2D eigenvalue weighted by Crippen LogP contribution is -2.26. The standard InChI is InChI=1S/C25H22N2O3/c1-19(30-23-15-9-4-10-16-23)25(28)29-18-21-17-27(22-13-7-3-8-14-22)26-24(21)20-11-5-2-6-12-20/h2-17,19H,18H2,1H3. The summed E-state index contributed by atoms with van der Waals surface area (Å²) in [4.78, 5) is 12.5. The Morgan fingerprint density at radius 3 is 2.17 bits per heavy atom. The Balaban J connectivity index is 1.52. The Kier molecular flexibility index (Phi) is 5.90. The van der Waals surface area contributed by atoms with Crippen molar-refractivity contribution in [2.75, 3.05) is 0 Å². The topological polar surface area (TPSA) is 53.4 Å². The van der Waals surface area contributed by atoms with E-state index in [-0.39, 0.29) is 6.61 Å². The molecular weight excluding hydrogens is 376 g/mol. The maximum Gasteiger partial charge on any atom is 0.347 e. The minimum atomic E-state index is -0.711. The summed E-state index contributed by atoms with van der Waals surface area (Å²) in [5, 5.41) is 4.74. The second-order valence-corrected chi connectivity index (χ2v) is 6.83. The molecule has 0 aliphatic rings. The zero-order valence-electron chi connectivity index (χ0n) is 16.6. The largest absolute Gasteiger partial charge is 0.479 e. The second kappa shape index (κ2) is 9.09. The Bertz CT molecular complexity index is 1090. The molecule has 5 heteroatoms. The van der Waals surface area contributed by atoms with Crippen LogP contribution in [0.5, 0.6) is 5.75 Å². The van der Waals surface area contributed by atoms with E-state index in [0.717, 1.165) is 22.5 Å². The molecule has 1 heterocycles. The van der Waals surface area contributed by atoms with Crippen molar-refractivity contribution < 1.29 is 14.3 Å². The number of para-hydroxylation sites is 2. The fourth-order valence-electron chi connectivity index (χ4n) is 3.08. The number of carbonyl (C=O) groups excluding carboxylic acids is 1. The molecule has 0 spiro atoms.